The van der Waals surface area contributed by atoms with Gasteiger partial charge in [-0.1, -0.05) is 0 Å². The van der Waals surface area contributed by atoms with E-state index in [-0.39, 0.29) is 5.69 Å². The fourth-order valence-electron chi connectivity index (χ4n) is 2.04. The SMILES string of the molecule is CCOc1ccc(N2C(=O)C(=O)C(C(C)=O)C2=O)cc1. The van der Waals surface area contributed by atoms with Crippen molar-refractivity contribution in [3.63, 3.8) is 0 Å². The van der Waals surface area contributed by atoms with E-state index in [0.717, 1.165) is 11.8 Å². The highest BCUT2D eigenvalue weighted by molar-refractivity contribution is 6.59. The third-order valence-electron chi connectivity index (χ3n) is 2.96. The number of amides is 2. The topological polar surface area (TPSA) is 80.8 Å². The number of ketones is 2. The van der Waals surface area contributed by atoms with E-state index in [1.54, 1.807) is 12.1 Å². The molecule has 20 heavy (non-hydrogen) atoms. The Bertz CT molecular complexity index is 590. The summed E-state index contributed by atoms with van der Waals surface area (Å²) in [4.78, 5) is 47.5. The molecule has 0 radical (unpaired) electrons. The predicted octanol–water partition coefficient (Wildman–Crippen LogP) is 0.733. The van der Waals surface area contributed by atoms with Crippen LogP contribution in [0.3, 0.4) is 0 Å². The molecule has 1 saturated heterocycles. The third kappa shape index (κ3) is 2.20. The average Bonchev–Trinajstić information content (AvgIpc) is 2.62. The number of Topliss-reactive ketones (excluding diaryl/α,β-unsaturated/α-hetero) is 2. The standard InChI is InChI=1S/C14H13NO5/c1-3-20-10-6-4-9(5-7-10)15-13(18)11(8(2)16)12(17)14(15)19/h4-7,11H,3H2,1-2H3. The molecule has 0 aliphatic carbocycles. The quantitative estimate of drug-likeness (QED) is 0.460. The van der Waals surface area contributed by atoms with Crippen LogP contribution in [0.1, 0.15) is 13.8 Å². The van der Waals surface area contributed by atoms with E-state index >= 15 is 0 Å². The van der Waals surface area contributed by atoms with E-state index < -0.39 is 29.3 Å². The van der Waals surface area contributed by atoms with Crippen molar-refractivity contribution >= 4 is 29.1 Å². The van der Waals surface area contributed by atoms with Gasteiger partial charge in [0.25, 0.3) is 5.91 Å². The Morgan fingerprint density at radius 1 is 1.20 bits per heavy atom. The molecular formula is C14H13NO5. The van der Waals surface area contributed by atoms with Crippen molar-refractivity contribution in [2.45, 2.75) is 13.8 Å². The molecule has 1 atom stereocenters. The van der Waals surface area contributed by atoms with Gasteiger partial charge in [-0.15, -0.1) is 0 Å². The molecule has 1 aliphatic rings. The molecule has 1 aliphatic heterocycles. The summed E-state index contributed by atoms with van der Waals surface area (Å²) in [6.07, 6.45) is 0. The molecule has 6 heteroatoms. The Hall–Kier alpha value is -2.50. The van der Waals surface area contributed by atoms with Gasteiger partial charge in [-0.2, -0.15) is 0 Å². The number of carbonyl (C=O) groups is 4. The van der Waals surface area contributed by atoms with Crippen LogP contribution in [0.4, 0.5) is 5.69 Å². The van der Waals surface area contributed by atoms with Crippen LogP contribution < -0.4 is 9.64 Å². The van der Waals surface area contributed by atoms with Crippen molar-refractivity contribution in [2.75, 3.05) is 11.5 Å². The van der Waals surface area contributed by atoms with Gasteiger partial charge in [0.1, 0.15) is 11.5 Å². The number of ether oxygens (including phenoxy) is 1. The number of hydrogen-bond donors (Lipinski definition) is 0. The molecule has 1 aromatic rings. The first-order valence-corrected chi connectivity index (χ1v) is 6.12. The lowest BCUT2D eigenvalue weighted by molar-refractivity contribution is -0.139. The molecule has 2 amide bonds. The summed E-state index contributed by atoms with van der Waals surface area (Å²) in [5.41, 5.74) is 0.251. The monoisotopic (exact) mass is 275 g/mol. The summed E-state index contributed by atoms with van der Waals surface area (Å²) in [7, 11) is 0. The second kappa shape index (κ2) is 5.24. The minimum atomic E-state index is -1.51. The molecule has 1 aromatic carbocycles. The first-order valence-electron chi connectivity index (χ1n) is 6.12. The van der Waals surface area contributed by atoms with Crippen LogP contribution in [-0.2, 0) is 19.2 Å². The molecule has 0 spiro atoms. The van der Waals surface area contributed by atoms with E-state index in [0.29, 0.717) is 12.4 Å². The maximum Gasteiger partial charge on any atom is 0.302 e. The fraction of sp³-hybridized carbons (Fsp3) is 0.286. The Morgan fingerprint density at radius 3 is 2.25 bits per heavy atom. The van der Waals surface area contributed by atoms with Gasteiger partial charge >= 0.3 is 5.91 Å². The van der Waals surface area contributed by atoms with Crippen molar-refractivity contribution in [3.8, 4) is 5.75 Å². The van der Waals surface area contributed by atoms with Gasteiger partial charge in [-0.05, 0) is 38.1 Å². The molecule has 6 nitrogen and oxygen atoms in total. The largest absolute Gasteiger partial charge is 0.494 e. The number of carbonyl (C=O) groups excluding carboxylic acids is 4. The van der Waals surface area contributed by atoms with E-state index in [4.69, 9.17) is 4.74 Å². The molecule has 104 valence electrons. The zero-order valence-corrected chi connectivity index (χ0v) is 11.1. The average molecular weight is 275 g/mol. The second-order valence-electron chi connectivity index (χ2n) is 4.31. The van der Waals surface area contributed by atoms with E-state index in [2.05, 4.69) is 0 Å². The van der Waals surface area contributed by atoms with E-state index in [1.165, 1.54) is 12.1 Å². The Morgan fingerprint density at radius 2 is 1.80 bits per heavy atom. The summed E-state index contributed by atoms with van der Waals surface area (Å²) in [5.74, 6) is -4.28. The Kier molecular flexibility index (Phi) is 3.65. The van der Waals surface area contributed by atoms with Crippen LogP contribution >= 0.6 is 0 Å². The van der Waals surface area contributed by atoms with Crippen LogP contribution in [0.15, 0.2) is 24.3 Å². The van der Waals surface area contributed by atoms with Gasteiger partial charge in [0.05, 0.1) is 12.3 Å². The van der Waals surface area contributed by atoms with Crippen LogP contribution in [-0.4, -0.2) is 30.0 Å². The molecule has 1 fully saturated rings. The highest BCUT2D eigenvalue weighted by Crippen LogP contribution is 2.26. The Balaban J connectivity index is 2.33. The number of hydrogen-bond acceptors (Lipinski definition) is 5. The van der Waals surface area contributed by atoms with Gasteiger partial charge < -0.3 is 4.74 Å². The van der Waals surface area contributed by atoms with E-state index in [9.17, 15) is 19.2 Å². The zero-order valence-electron chi connectivity index (χ0n) is 11.1. The van der Waals surface area contributed by atoms with Gasteiger partial charge in [0.2, 0.25) is 5.78 Å². The van der Waals surface area contributed by atoms with Crippen molar-refractivity contribution in [1.82, 2.24) is 0 Å². The number of rotatable bonds is 4. The second-order valence-corrected chi connectivity index (χ2v) is 4.31. The van der Waals surface area contributed by atoms with Crippen LogP contribution in [0, 0.1) is 5.92 Å². The summed E-state index contributed by atoms with van der Waals surface area (Å²) >= 11 is 0. The highest BCUT2D eigenvalue weighted by atomic mass is 16.5. The van der Waals surface area contributed by atoms with Crippen LogP contribution in [0.25, 0.3) is 0 Å². The maximum absolute atomic E-state index is 12.0. The highest BCUT2D eigenvalue weighted by Gasteiger charge is 2.49. The summed E-state index contributed by atoms with van der Waals surface area (Å²) in [6.45, 7) is 3.44. The lowest BCUT2D eigenvalue weighted by atomic mass is 10.0. The number of imide groups is 1. The van der Waals surface area contributed by atoms with Gasteiger partial charge in [-0.25, -0.2) is 4.90 Å². The summed E-state index contributed by atoms with van der Waals surface area (Å²) < 4.78 is 5.25. The van der Waals surface area contributed by atoms with Crippen molar-refractivity contribution < 1.29 is 23.9 Å². The number of benzene rings is 1. The van der Waals surface area contributed by atoms with Gasteiger partial charge in [0.15, 0.2) is 5.92 Å². The van der Waals surface area contributed by atoms with Gasteiger partial charge in [0, 0.05) is 0 Å². The number of anilines is 1. The van der Waals surface area contributed by atoms with Crippen molar-refractivity contribution in [1.29, 1.82) is 0 Å². The van der Waals surface area contributed by atoms with Crippen molar-refractivity contribution in [3.05, 3.63) is 24.3 Å². The number of nitrogens with zero attached hydrogens (tertiary/aromatic N) is 1. The minimum Gasteiger partial charge on any atom is -0.494 e. The lowest BCUT2D eigenvalue weighted by Gasteiger charge is -2.14. The molecule has 1 unspecified atom stereocenters. The summed E-state index contributed by atoms with van der Waals surface area (Å²) in [5, 5.41) is 0. The molecule has 0 bridgehead atoms. The molecule has 0 aromatic heterocycles. The molecule has 0 N–H and O–H groups in total. The molecular weight excluding hydrogens is 262 g/mol. The van der Waals surface area contributed by atoms with Crippen LogP contribution in [0.2, 0.25) is 0 Å². The van der Waals surface area contributed by atoms with Gasteiger partial charge in [-0.3, -0.25) is 19.2 Å². The fourth-order valence-corrected chi connectivity index (χ4v) is 2.04. The first kappa shape index (κ1) is 13.9. The molecule has 1 heterocycles. The third-order valence-corrected chi connectivity index (χ3v) is 2.96. The molecule has 0 saturated carbocycles. The van der Waals surface area contributed by atoms with Crippen LogP contribution in [0.5, 0.6) is 5.75 Å². The first-order chi connectivity index (χ1) is 9.47. The maximum atomic E-state index is 12.0. The lowest BCUT2D eigenvalue weighted by Crippen LogP contribution is -2.31. The van der Waals surface area contributed by atoms with Crippen molar-refractivity contribution in [2.24, 2.45) is 5.92 Å². The van der Waals surface area contributed by atoms with E-state index in [1.807, 2.05) is 6.92 Å². The zero-order chi connectivity index (χ0) is 14.9. The Labute approximate surface area is 115 Å². The minimum absolute atomic E-state index is 0.251. The smallest absolute Gasteiger partial charge is 0.302 e. The summed E-state index contributed by atoms with van der Waals surface area (Å²) in [6, 6.07) is 6.17. The predicted molar refractivity (Wildman–Crippen MR) is 69.3 cm³/mol. The normalized spacial score (nSPS) is 18.6. The molecule has 2 rings (SSSR count).